The van der Waals surface area contributed by atoms with Crippen LogP contribution in [-0.2, 0) is 0 Å². The molecule has 0 saturated carbocycles. The monoisotopic (exact) mass is 224 g/mol. The van der Waals surface area contributed by atoms with Crippen LogP contribution in [0.2, 0.25) is 0 Å². The summed E-state index contributed by atoms with van der Waals surface area (Å²) in [7, 11) is 0. The highest BCUT2D eigenvalue weighted by Crippen LogP contribution is 2.45. The normalized spacial score (nSPS) is 27.6. The van der Waals surface area contributed by atoms with Crippen LogP contribution < -0.4 is 0 Å². The number of aliphatic hydroxyl groups excluding tert-OH is 1. The molecule has 0 aromatic heterocycles. The molecule has 94 valence electrons. The van der Waals surface area contributed by atoms with Crippen LogP contribution in [0.3, 0.4) is 0 Å². The molecular formula is C15H28O. The molecule has 1 aliphatic rings. The predicted molar refractivity (Wildman–Crippen MR) is 70.3 cm³/mol. The first-order valence-electron chi connectivity index (χ1n) is 6.74. The van der Waals surface area contributed by atoms with Gasteiger partial charge in [-0.1, -0.05) is 38.8 Å². The Hall–Kier alpha value is -0.300. The molecule has 0 spiro atoms. The van der Waals surface area contributed by atoms with E-state index in [9.17, 15) is 5.11 Å². The lowest BCUT2D eigenvalue weighted by Gasteiger charge is -2.31. The SMILES string of the molecule is CCC(CC[C@@H]1CC=C(C)C1(C)C)C(C)O. The molecule has 3 atom stereocenters. The van der Waals surface area contributed by atoms with Gasteiger partial charge < -0.3 is 5.11 Å². The number of hydrogen-bond acceptors (Lipinski definition) is 1. The van der Waals surface area contributed by atoms with Gasteiger partial charge in [0.1, 0.15) is 0 Å². The minimum atomic E-state index is -0.149. The Bertz CT molecular complexity index is 250. The summed E-state index contributed by atoms with van der Waals surface area (Å²) in [5.41, 5.74) is 1.92. The zero-order valence-corrected chi connectivity index (χ0v) is 11.6. The Labute approximate surface area is 101 Å². The van der Waals surface area contributed by atoms with Crippen molar-refractivity contribution >= 4 is 0 Å². The standard InChI is InChI=1S/C15H28O/c1-6-13(12(3)16)8-10-14-9-7-11(2)15(14,4)5/h7,12-14,16H,6,8-10H2,1-5H3/t12?,13?,14-/m0/s1. The van der Waals surface area contributed by atoms with Crippen molar-refractivity contribution in [1.29, 1.82) is 0 Å². The summed E-state index contributed by atoms with van der Waals surface area (Å²) in [4.78, 5) is 0. The Morgan fingerprint density at radius 2 is 2.12 bits per heavy atom. The van der Waals surface area contributed by atoms with Crippen molar-refractivity contribution in [3.63, 3.8) is 0 Å². The number of aliphatic hydroxyl groups is 1. The first-order chi connectivity index (χ1) is 7.39. The quantitative estimate of drug-likeness (QED) is 0.695. The van der Waals surface area contributed by atoms with Gasteiger partial charge in [-0.25, -0.2) is 0 Å². The summed E-state index contributed by atoms with van der Waals surface area (Å²) in [5, 5.41) is 9.66. The lowest BCUT2D eigenvalue weighted by Crippen LogP contribution is -2.23. The molecule has 0 fully saturated rings. The van der Waals surface area contributed by atoms with E-state index >= 15 is 0 Å². The van der Waals surface area contributed by atoms with Gasteiger partial charge in [0.15, 0.2) is 0 Å². The van der Waals surface area contributed by atoms with Crippen LogP contribution in [0, 0.1) is 17.3 Å². The second kappa shape index (κ2) is 5.35. The van der Waals surface area contributed by atoms with Gasteiger partial charge in [0.25, 0.3) is 0 Å². The molecule has 1 nitrogen and oxygen atoms in total. The van der Waals surface area contributed by atoms with Crippen LogP contribution in [0.1, 0.15) is 60.3 Å². The summed E-state index contributed by atoms with van der Waals surface area (Å²) in [6.07, 6.45) is 7.00. The van der Waals surface area contributed by atoms with E-state index in [0.29, 0.717) is 11.3 Å². The average molecular weight is 224 g/mol. The zero-order chi connectivity index (χ0) is 12.3. The van der Waals surface area contributed by atoms with Gasteiger partial charge >= 0.3 is 0 Å². The van der Waals surface area contributed by atoms with Crippen molar-refractivity contribution in [3.05, 3.63) is 11.6 Å². The van der Waals surface area contributed by atoms with Gasteiger partial charge in [-0.15, -0.1) is 0 Å². The van der Waals surface area contributed by atoms with E-state index < -0.39 is 0 Å². The number of allylic oxidation sites excluding steroid dienone is 2. The third kappa shape index (κ3) is 2.88. The van der Waals surface area contributed by atoms with E-state index in [2.05, 4.69) is 33.8 Å². The van der Waals surface area contributed by atoms with Crippen LogP contribution in [0.5, 0.6) is 0 Å². The topological polar surface area (TPSA) is 20.2 Å². The fourth-order valence-electron chi connectivity index (χ4n) is 2.88. The largest absolute Gasteiger partial charge is 0.393 e. The van der Waals surface area contributed by atoms with Crippen molar-refractivity contribution in [2.75, 3.05) is 0 Å². The highest BCUT2D eigenvalue weighted by Gasteiger charge is 2.34. The molecule has 0 amide bonds. The predicted octanol–water partition coefficient (Wildman–Crippen LogP) is 4.17. The van der Waals surface area contributed by atoms with Gasteiger partial charge in [-0.05, 0) is 50.4 Å². The zero-order valence-electron chi connectivity index (χ0n) is 11.6. The Morgan fingerprint density at radius 3 is 2.50 bits per heavy atom. The maximum Gasteiger partial charge on any atom is 0.0540 e. The first-order valence-corrected chi connectivity index (χ1v) is 6.74. The van der Waals surface area contributed by atoms with Crippen molar-refractivity contribution in [2.24, 2.45) is 17.3 Å². The van der Waals surface area contributed by atoms with E-state index in [1.165, 1.54) is 19.3 Å². The summed E-state index contributed by atoms with van der Waals surface area (Å²) in [5.74, 6) is 1.26. The van der Waals surface area contributed by atoms with Gasteiger partial charge in [0.05, 0.1) is 6.10 Å². The van der Waals surface area contributed by atoms with Crippen molar-refractivity contribution in [3.8, 4) is 0 Å². The molecule has 1 rings (SSSR count). The van der Waals surface area contributed by atoms with Crippen LogP contribution in [0.15, 0.2) is 11.6 Å². The van der Waals surface area contributed by atoms with Gasteiger partial charge in [-0.2, -0.15) is 0 Å². The van der Waals surface area contributed by atoms with Crippen LogP contribution >= 0.6 is 0 Å². The molecule has 0 bridgehead atoms. The summed E-state index contributed by atoms with van der Waals surface area (Å²) >= 11 is 0. The van der Waals surface area contributed by atoms with Crippen molar-refractivity contribution < 1.29 is 5.11 Å². The molecule has 16 heavy (non-hydrogen) atoms. The van der Waals surface area contributed by atoms with Crippen molar-refractivity contribution in [1.82, 2.24) is 0 Å². The Morgan fingerprint density at radius 1 is 1.50 bits per heavy atom. The molecule has 0 aliphatic heterocycles. The van der Waals surface area contributed by atoms with E-state index in [1.54, 1.807) is 5.57 Å². The number of hydrogen-bond donors (Lipinski definition) is 1. The van der Waals surface area contributed by atoms with Gasteiger partial charge in [0, 0.05) is 0 Å². The minimum Gasteiger partial charge on any atom is -0.393 e. The van der Waals surface area contributed by atoms with Crippen molar-refractivity contribution in [2.45, 2.75) is 66.4 Å². The highest BCUT2D eigenvalue weighted by molar-refractivity contribution is 5.18. The number of rotatable bonds is 5. The Kier molecular flexibility index (Phi) is 4.61. The highest BCUT2D eigenvalue weighted by atomic mass is 16.3. The lowest BCUT2D eigenvalue weighted by atomic mass is 9.74. The maximum absolute atomic E-state index is 9.66. The molecular weight excluding hydrogens is 196 g/mol. The summed E-state index contributed by atoms with van der Waals surface area (Å²) < 4.78 is 0. The molecule has 0 saturated heterocycles. The van der Waals surface area contributed by atoms with Crippen LogP contribution in [0.4, 0.5) is 0 Å². The van der Waals surface area contributed by atoms with E-state index in [-0.39, 0.29) is 6.10 Å². The summed E-state index contributed by atoms with van der Waals surface area (Å²) in [6, 6.07) is 0. The van der Waals surface area contributed by atoms with Crippen LogP contribution in [0.25, 0.3) is 0 Å². The molecule has 2 unspecified atom stereocenters. The van der Waals surface area contributed by atoms with Gasteiger partial charge in [0.2, 0.25) is 0 Å². The third-order valence-electron chi connectivity index (χ3n) is 4.84. The minimum absolute atomic E-state index is 0.149. The smallest absolute Gasteiger partial charge is 0.0540 e. The Balaban J connectivity index is 2.46. The molecule has 0 radical (unpaired) electrons. The molecule has 1 N–H and O–H groups in total. The molecule has 1 heteroatoms. The summed E-state index contributed by atoms with van der Waals surface area (Å²) in [6.45, 7) is 11.1. The average Bonchev–Trinajstić information content (AvgIpc) is 2.44. The fourth-order valence-corrected chi connectivity index (χ4v) is 2.88. The van der Waals surface area contributed by atoms with E-state index in [1.807, 2.05) is 6.92 Å². The second-order valence-electron chi connectivity index (χ2n) is 6.03. The lowest BCUT2D eigenvalue weighted by molar-refractivity contribution is 0.108. The molecule has 1 aliphatic carbocycles. The second-order valence-corrected chi connectivity index (χ2v) is 6.03. The molecule has 0 heterocycles. The maximum atomic E-state index is 9.66. The van der Waals surface area contributed by atoms with Crippen LogP contribution in [-0.4, -0.2) is 11.2 Å². The molecule has 0 aromatic carbocycles. The van der Waals surface area contributed by atoms with E-state index in [0.717, 1.165) is 12.3 Å². The fraction of sp³-hybridized carbons (Fsp3) is 0.867. The van der Waals surface area contributed by atoms with E-state index in [4.69, 9.17) is 0 Å². The first kappa shape index (κ1) is 13.8. The third-order valence-corrected chi connectivity index (χ3v) is 4.84. The van der Waals surface area contributed by atoms with Gasteiger partial charge in [-0.3, -0.25) is 0 Å². The molecule has 0 aromatic rings.